The molecule has 1 amide bonds. The van der Waals surface area contributed by atoms with E-state index in [0.717, 1.165) is 22.6 Å². The summed E-state index contributed by atoms with van der Waals surface area (Å²) in [5.41, 5.74) is 6.53. The van der Waals surface area contributed by atoms with E-state index in [2.05, 4.69) is 57.1 Å². The van der Waals surface area contributed by atoms with E-state index >= 15 is 0 Å². The van der Waals surface area contributed by atoms with Gasteiger partial charge >= 0.3 is 6.09 Å². The highest BCUT2D eigenvalue weighted by atomic mass is 16.5. The van der Waals surface area contributed by atoms with E-state index < -0.39 is 6.09 Å². The third-order valence-electron chi connectivity index (χ3n) is 4.02. The van der Waals surface area contributed by atoms with Gasteiger partial charge in [-0.25, -0.2) is 10.2 Å². The number of hydrazone groups is 1. The Labute approximate surface area is 140 Å². The maximum atomic E-state index is 11.1. The van der Waals surface area contributed by atoms with Gasteiger partial charge in [0.1, 0.15) is 0 Å². The zero-order chi connectivity index (χ0) is 17.1. The van der Waals surface area contributed by atoms with Crippen molar-refractivity contribution in [2.24, 2.45) is 5.10 Å². The largest absolute Gasteiger partial charge is 0.452 e. The van der Waals surface area contributed by atoms with Crippen molar-refractivity contribution in [1.82, 2.24) is 9.99 Å². The summed E-state index contributed by atoms with van der Waals surface area (Å²) in [5.74, 6) is 0. The summed E-state index contributed by atoms with van der Waals surface area (Å²) in [4.78, 5) is 11.1. The number of fused-ring (bicyclic) bond motifs is 1. The first-order chi connectivity index (χ1) is 11.6. The maximum absolute atomic E-state index is 11.1. The van der Waals surface area contributed by atoms with Crippen LogP contribution in [0.5, 0.6) is 0 Å². The Morgan fingerprint density at radius 2 is 1.92 bits per heavy atom. The molecule has 0 fully saturated rings. The van der Waals surface area contributed by atoms with Crippen LogP contribution in [0.25, 0.3) is 16.5 Å². The number of ether oxygens (including phenoxy) is 1. The van der Waals surface area contributed by atoms with Crippen molar-refractivity contribution in [1.29, 1.82) is 0 Å². The topological polar surface area (TPSA) is 55.6 Å². The molecule has 0 unspecified atom stereocenters. The summed E-state index contributed by atoms with van der Waals surface area (Å²) >= 11 is 0. The minimum atomic E-state index is -0.589. The number of aromatic nitrogens is 1. The third-order valence-corrected chi connectivity index (χ3v) is 4.02. The van der Waals surface area contributed by atoms with E-state index in [1.54, 1.807) is 6.21 Å². The molecule has 0 bridgehead atoms. The lowest BCUT2D eigenvalue weighted by molar-refractivity contribution is 0.171. The van der Waals surface area contributed by atoms with Gasteiger partial charge in [-0.1, -0.05) is 36.4 Å². The van der Waals surface area contributed by atoms with Crippen molar-refractivity contribution in [3.05, 3.63) is 65.5 Å². The molecule has 2 aromatic carbocycles. The van der Waals surface area contributed by atoms with Gasteiger partial charge < -0.3 is 9.30 Å². The number of aryl methyl sites for hydroxylation is 1. The van der Waals surface area contributed by atoms with Gasteiger partial charge in [0.15, 0.2) is 0 Å². The molecule has 0 spiro atoms. The zero-order valence-electron chi connectivity index (χ0n) is 13.9. The highest BCUT2D eigenvalue weighted by molar-refractivity contribution is 5.91. The smallest absolute Gasteiger partial charge is 0.427 e. The lowest BCUT2D eigenvalue weighted by Crippen LogP contribution is -2.16. The number of rotatable bonds is 3. The Hall–Kier alpha value is -3.08. The third kappa shape index (κ3) is 2.88. The van der Waals surface area contributed by atoms with Gasteiger partial charge in [-0.05, 0) is 31.4 Å². The first-order valence-corrected chi connectivity index (χ1v) is 7.66. The number of hydrogen-bond acceptors (Lipinski definition) is 3. The predicted molar refractivity (Wildman–Crippen MR) is 95.9 cm³/mol. The second-order valence-corrected chi connectivity index (χ2v) is 5.52. The maximum Gasteiger partial charge on any atom is 0.427 e. The van der Waals surface area contributed by atoms with E-state index in [1.807, 2.05) is 25.1 Å². The van der Waals surface area contributed by atoms with Crippen LogP contribution < -0.4 is 5.43 Å². The van der Waals surface area contributed by atoms with Gasteiger partial charge in [0.25, 0.3) is 0 Å². The minimum Gasteiger partial charge on any atom is -0.452 e. The Morgan fingerprint density at radius 3 is 2.71 bits per heavy atom. The van der Waals surface area contributed by atoms with Crippen molar-refractivity contribution in [3.8, 4) is 5.69 Å². The number of carbonyl (C=O) groups is 1. The van der Waals surface area contributed by atoms with E-state index in [1.165, 1.54) is 17.9 Å². The van der Waals surface area contributed by atoms with Crippen molar-refractivity contribution >= 4 is 23.1 Å². The molecule has 0 aliphatic heterocycles. The first-order valence-electron chi connectivity index (χ1n) is 7.66. The molecule has 3 rings (SSSR count). The number of benzene rings is 2. The van der Waals surface area contributed by atoms with Crippen LogP contribution in [-0.4, -0.2) is 24.0 Å². The molecule has 3 aromatic rings. The fraction of sp³-hybridized carbons (Fsp3) is 0.158. The molecular weight excluding hydrogens is 302 g/mol. The Balaban J connectivity index is 2.04. The van der Waals surface area contributed by atoms with E-state index in [0.29, 0.717) is 0 Å². The molecule has 0 radical (unpaired) electrons. The van der Waals surface area contributed by atoms with Gasteiger partial charge in [0.05, 0.1) is 19.0 Å². The number of hydrogen-bond donors (Lipinski definition) is 1. The van der Waals surface area contributed by atoms with Gasteiger partial charge in [-0.2, -0.15) is 5.10 Å². The Bertz CT molecular complexity index is 920. The second-order valence-electron chi connectivity index (χ2n) is 5.52. The van der Waals surface area contributed by atoms with Crippen LogP contribution >= 0.6 is 0 Å². The van der Waals surface area contributed by atoms with Crippen molar-refractivity contribution < 1.29 is 9.53 Å². The second kappa shape index (κ2) is 6.58. The molecule has 5 heteroatoms. The summed E-state index contributed by atoms with van der Waals surface area (Å²) in [5, 5.41) is 6.31. The van der Waals surface area contributed by atoms with Crippen molar-refractivity contribution in [2.45, 2.75) is 13.8 Å². The predicted octanol–water partition coefficient (Wildman–Crippen LogP) is 3.94. The molecule has 0 aliphatic carbocycles. The quantitative estimate of drug-likeness (QED) is 0.587. The monoisotopic (exact) mass is 321 g/mol. The average Bonchev–Trinajstić information content (AvgIpc) is 2.88. The van der Waals surface area contributed by atoms with Gasteiger partial charge in [-0.3, -0.25) is 0 Å². The highest BCUT2D eigenvalue weighted by Crippen LogP contribution is 2.26. The van der Waals surface area contributed by atoms with E-state index in [9.17, 15) is 4.79 Å². The number of nitrogens with zero attached hydrogens (tertiary/aromatic N) is 2. The van der Waals surface area contributed by atoms with Crippen LogP contribution in [0.4, 0.5) is 4.79 Å². The van der Waals surface area contributed by atoms with Crippen LogP contribution in [0.3, 0.4) is 0 Å². The molecule has 1 heterocycles. The summed E-state index contributed by atoms with van der Waals surface area (Å²) in [6, 6.07) is 16.6. The Morgan fingerprint density at radius 1 is 1.17 bits per heavy atom. The Kier molecular flexibility index (Phi) is 4.33. The first kappa shape index (κ1) is 15.8. The summed E-state index contributed by atoms with van der Waals surface area (Å²) < 4.78 is 6.69. The number of nitrogens with one attached hydrogen (secondary N) is 1. The van der Waals surface area contributed by atoms with Crippen molar-refractivity contribution in [2.75, 3.05) is 7.11 Å². The summed E-state index contributed by atoms with van der Waals surface area (Å²) in [6.45, 7) is 4.09. The van der Waals surface area contributed by atoms with Crippen LogP contribution in [0.2, 0.25) is 0 Å². The molecule has 0 aliphatic rings. The molecule has 1 N–H and O–H groups in total. The van der Waals surface area contributed by atoms with Gasteiger partial charge in [0, 0.05) is 22.3 Å². The highest BCUT2D eigenvalue weighted by Gasteiger charge is 2.11. The molecule has 0 atom stereocenters. The lowest BCUT2D eigenvalue weighted by atomic mass is 10.1. The lowest BCUT2D eigenvalue weighted by Gasteiger charge is -2.12. The fourth-order valence-corrected chi connectivity index (χ4v) is 2.89. The molecule has 1 aromatic heterocycles. The van der Waals surface area contributed by atoms with Crippen LogP contribution in [0, 0.1) is 13.8 Å². The van der Waals surface area contributed by atoms with E-state index in [-0.39, 0.29) is 0 Å². The van der Waals surface area contributed by atoms with Crippen LogP contribution in [0.1, 0.15) is 17.0 Å². The standard InChI is InChI=1S/C19H19N3O2/c1-13-11-16(12-20-21-19(23)24-3)14(2)22(13)18-10-6-8-15-7-4-5-9-17(15)18/h4-12H,1-3H3,(H,21,23)/b20-12-. The normalized spacial score (nSPS) is 11.1. The molecule has 122 valence electrons. The zero-order valence-corrected chi connectivity index (χ0v) is 13.9. The number of amides is 1. The SMILES string of the molecule is COC(=O)N/N=C\c1cc(C)n(-c2cccc3ccccc23)c1C. The average molecular weight is 321 g/mol. The molecule has 24 heavy (non-hydrogen) atoms. The van der Waals surface area contributed by atoms with Crippen molar-refractivity contribution in [3.63, 3.8) is 0 Å². The number of carbonyl (C=O) groups excluding carboxylic acids is 1. The van der Waals surface area contributed by atoms with Gasteiger partial charge in [-0.15, -0.1) is 0 Å². The number of methoxy groups -OCH3 is 1. The molecule has 0 saturated heterocycles. The minimum absolute atomic E-state index is 0.589. The summed E-state index contributed by atoms with van der Waals surface area (Å²) in [7, 11) is 1.30. The molecule has 0 saturated carbocycles. The molecule has 5 nitrogen and oxygen atoms in total. The molecular formula is C19H19N3O2. The summed E-state index contributed by atoms with van der Waals surface area (Å²) in [6.07, 6.45) is 1.04. The van der Waals surface area contributed by atoms with Crippen LogP contribution in [-0.2, 0) is 4.74 Å². The van der Waals surface area contributed by atoms with Gasteiger partial charge in [0.2, 0.25) is 0 Å². The fourth-order valence-electron chi connectivity index (χ4n) is 2.89. The van der Waals surface area contributed by atoms with E-state index in [4.69, 9.17) is 0 Å². The van der Waals surface area contributed by atoms with Crippen LogP contribution in [0.15, 0.2) is 53.6 Å².